The second-order valence-corrected chi connectivity index (χ2v) is 5.22. The molecule has 1 aliphatic rings. The number of nitrogens with one attached hydrogen (secondary N) is 2. The Bertz CT molecular complexity index is 429. The molecular formula is C13H23N5O. The van der Waals surface area contributed by atoms with Gasteiger partial charge in [0.2, 0.25) is 0 Å². The van der Waals surface area contributed by atoms with E-state index in [4.69, 9.17) is 10.6 Å². The van der Waals surface area contributed by atoms with Crippen LogP contribution in [0.5, 0.6) is 0 Å². The molecule has 1 atom stereocenters. The Morgan fingerprint density at radius 2 is 2.11 bits per heavy atom. The summed E-state index contributed by atoms with van der Waals surface area (Å²) in [5.74, 6) is 8.07. The summed E-state index contributed by atoms with van der Waals surface area (Å²) in [5.41, 5.74) is 3.57. The molecule has 2 heterocycles. The van der Waals surface area contributed by atoms with E-state index in [1.165, 1.54) is 0 Å². The van der Waals surface area contributed by atoms with Crippen LogP contribution in [0.1, 0.15) is 44.0 Å². The van der Waals surface area contributed by atoms with Crippen LogP contribution >= 0.6 is 0 Å². The molecule has 1 aliphatic heterocycles. The molecule has 0 saturated carbocycles. The zero-order chi connectivity index (χ0) is 13.8. The number of rotatable bonds is 5. The minimum absolute atomic E-state index is 0.260. The summed E-state index contributed by atoms with van der Waals surface area (Å²) in [4.78, 5) is 8.98. The Labute approximate surface area is 114 Å². The zero-order valence-corrected chi connectivity index (χ0v) is 11.9. The summed E-state index contributed by atoms with van der Waals surface area (Å²) in [5, 5.41) is 3.35. The highest BCUT2D eigenvalue weighted by Crippen LogP contribution is 2.23. The predicted molar refractivity (Wildman–Crippen MR) is 76.1 cm³/mol. The maximum Gasteiger partial charge on any atom is 0.148 e. The number of nitrogens with two attached hydrogens (primary N) is 1. The van der Waals surface area contributed by atoms with Crippen LogP contribution < -0.4 is 16.6 Å². The van der Waals surface area contributed by atoms with Crippen molar-refractivity contribution in [3.63, 3.8) is 0 Å². The summed E-state index contributed by atoms with van der Waals surface area (Å²) >= 11 is 0. The van der Waals surface area contributed by atoms with Gasteiger partial charge in [0.25, 0.3) is 0 Å². The standard InChI is InChI=1S/C13H23N5O/c1-8(2)11-16-12(9(3)13(17-11)18-14)15-7-10-5-4-6-19-10/h8,10H,4-7,14H2,1-3H3,(H2,15,16,17,18). The minimum atomic E-state index is 0.260. The van der Waals surface area contributed by atoms with Crippen LogP contribution in [0.25, 0.3) is 0 Å². The number of anilines is 2. The number of nitrogen functional groups attached to an aromatic ring is 1. The highest BCUT2D eigenvalue weighted by molar-refractivity contribution is 5.56. The second kappa shape index (κ2) is 6.16. The average Bonchev–Trinajstić information content (AvgIpc) is 2.90. The quantitative estimate of drug-likeness (QED) is 0.556. The van der Waals surface area contributed by atoms with Gasteiger partial charge in [0.15, 0.2) is 0 Å². The molecule has 0 aromatic carbocycles. The van der Waals surface area contributed by atoms with E-state index in [-0.39, 0.29) is 12.0 Å². The maximum atomic E-state index is 5.60. The third-order valence-electron chi connectivity index (χ3n) is 3.34. The van der Waals surface area contributed by atoms with Gasteiger partial charge in [-0.25, -0.2) is 15.8 Å². The SMILES string of the molecule is Cc1c(NN)nc(C(C)C)nc1NCC1CCCO1. The van der Waals surface area contributed by atoms with Gasteiger partial charge in [0, 0.05) is 24.6 Å². The van der Waals surface area contributed by atoms with E-state index >= 15 is 0 Å². The van der Waals surface area contributed by atoms with Gasteiger partial charge in [-0.15, -0.1) is 0 Å². The van der Waals surface area contributed by atoms with Crippen molar-refractivity contribution in [1.29, 1.82) is 0 Å². The minimum Gasteiger partial charge on any atom is -0.376 e. The molecule has 1 aromatic rings. The molecule has 19 heavy (non-hydrogen) atoms. The van der Waals surface area contributed by atoms with E-state index in [2.05, 4.69) is 34.6 Å². The first-order valence-electron chi connectivity index (χ1n) is 6.82. The van der Waals surface area contributed by atoms with Crippen LogP contribution in [0.3, 0.4) is 0 Å². The number of nitrogens with zero attached hydrogens (tertiary/aromatic N) is 2. The smallest absolute Gasteiger partial charge is 0.148 e. The molecule has 0 bridgehead atoms. The van der Waals surface area contributed by atoms with E-state index in [9.17, 15) is 0 Å². The van der Waals surface area contributed by atoms with Crippen molar-refractivity contribution in [3.05, 3.63) is 11.4 Å². The van der Waals surface area contributed by atoms with Gasteiger partial charge in [-0.2, -0.15) is 0 Å². The molecule has 6 heteroatoms. The van der Waals surface area contributed by atoms with Crippen LogP contribution in [0.15, 0.2) is 0 Å². The lowest BCUT2D eigenvalue weighted by atomic mass is 10.2. The summed E-state index contributed by atoms with van der Waals surface area (Å²) in [6.07, 6.45) is 2.53. The van der Waals surface area contributed by atoms with Gasteiger partial charge < -0.3 is 15.5 Å². The summed E-state index contributed by atoms with van der Waals surface area (Å²) in [7, 11) is 0. The lowest BCUT2D eigenvalue weighted by Gasteiger charge is -2.16. The van der Waals surface area contributed by atoms with Gasteiger partial charge in [-0.05, 0) is 19.8 Å². The summed E-state index contributed by atoms with van der Waals surface area (Å²) in [6, 6.07) is 0. The van der Waals surface area contributed by atoms with Gasteiger partial charge >= 0.3 is 0 Å². The molecular weight excluding hydrogens is 242 g/mol. The molecule has 1 aromatic heterocycles. The fourth-order valence-corrected chi connectivity index (χ4v) is 2.12. The van der Waals surface area contributed by atoms with Crippen molar-refractivity contribution < 1.29 is 4.74 Å². The number of ether oxygens (including phenoxy) is 1. The maximum absolute atomic E-state index is 5.60. The highest BCUT2D eigenvalue weighted by atomic mass is 16.5. The van der Waals surface area contributed by atoms with Crippen LogP contribution in [0.4, 0.5) is 11.6 Å². The fourth-order valence-electron chi connectivity index (χ4n) is 2.12. The lowest BCUT2D eigenvalue weighted by Crippen LogP contribution is -2.21. The van der Waals surface area contributed by atoms with Crippen molar-refractivity contribution >= 4 is 11.6 Å². The topological polar surface area (TPSA) is 85.1 Å². The van der Waals surface area contributed by atoms with E-state index in [0.29, 0.717) is 5.82 Å². The first-order chi connectivity index (χ1) is 9.11. The molecule has 6 nitrogen and oxygen atoms in total. The number of hydrogen-bond donors (Lipinski definition) is 3. The van der Waals surface area contributed by atoms with E-state index in [1.54, 1.807) is 0 Å². The molecule has 4 N–H and O–H groups in total. The molecule has 0 amide bonds. The molecule has 0 spiro atoms. The molecule has 0 radical (unpaired) electrons. The fraction of sp³-hybridized carbons (Fsp3) is 0.692. The van der Waals surface area contributed by atoms with Crippen LogP contribution in [0, 0.1) is 6.92 Å². The predicted octanol–water partition coefficient (Wildman–Crippen LogP) is 1.78. The Morgan fingerprint density at radius 1 is 1.37 bits per heavy atom. The Balaban J connectivity index is 2.14. The Hall–Kier alpha value is -1.40. The number of aromatic nitrogens is 2. The Kier molecular flexibility index (Phi) is 4.55. The van der Waals surface area contributed by atoms with Gasteiger partial charge in [0.05, 0.1) is 6.10 Å². The first kappa shape index (κ1) is 14.0. The molecule has 1 saturated heterocycles. The number of hydrogen-bond acceptors (Lipinski definition) is 6. The Morgan fingerprint density at radius 3 is 2.68 bits per heavy atom. The summed E-state index contributed by atoms with van der Waals surface area (Å²) < 4.78 is 5.60. The average molecular weight is 265 g/mol. The molecule has 106 valence electrons. The monoisotopic (exact) mass is 265 g/mol. The van der Waals surface area contributed by atoms with E-state index < -0.39 is 0 Å². The van der Waals surface area contributed by atoms with Crippen molar-refractivity contribution in [2.45, 2.75) is 45.6 Å². The number of hydrazine groups is 1. The third-order valence-corrected chi connectivity index (χ3v) is 3.34. The zero-order valence-electron chi connectivity index (χ0n) is 11.9. The first-order valence-corrected chi connectivity index (χ1v) is 6.82. The third kappa shape index (κ3) is 3.33. The largest absolute Gasteiger partial charge is 0.376 e. The highest BCUT2D eigenvalue weighted by Gasteiger charge is 2.17. The molecule has 1 fully saturated rings. The summed E-state index contributed by atoms with van der Waals surface area (Å²) in [6.45, 7) is 7.72. The van der Waals surface area contributed by atoms with Crippen LogP contribution in [-0.4, -0.2) is 29.2 Å². The normalized spacial score (nSPS) is 18.9. The second-order valence-electron chi connectivity index (χ2n) is 5.22. The van der Waals surface area contributed by atoms with Crippen molar-refractivity contribution in [2.24, 2.45) is 5.84 Å². The van der Waals surface area contributed by atoms with Crippen molar-refractivity contribution in [1.82, 2.24) is 9.97 Å². The van der Waals surface area contributed by atoms with Crippen LogP contribution in [0.2, 0.25) is 0 Å². The van der Waals surface area contributed by atoms with Gasteiger partial charge in [-0.1, -0.05) is 13.8 Å². The van der Waals surface area contributed by atoms with Gasteiger partial charge in [0.1, 0.15) is 17.5 Å². The van der Waals surface area contributed by atoms with Crippen molar-refractivity contribution in [2.75, 3.05) is 23.9 Å². The lowest BCUT2D eigenvalue weighted by molar-refractivity contribution is 0.120. The van der Waals surface area contributed by atoms with Crippen LogP contribution in [-0.2, 0) is 4.74 Å². The van der Waals surface area contributed by atoms with Gasteiger partial charge in [-0.3, -0.25) is 0 Å². The van der Waals surface area contributed by atoms with E-state index in [1.807, 2.05) is 6.92 Å². The molecule has 0 aliphatic carbocycles. The molecule has 1 unspecified atom stereocenters. The van der Waals surface area contributed by atoms with E-state index in [0.717, 1.165) is 43.2 Å². The molecule has 2 rings (SSSR count). The van der Waals surface area contributed by atoms with Crippen molar-refractivity contribution in [3.8, 4) is 0 Å².